The zero-order chi connectivity index (χ0) is 34.0. The maximum absolute atomic E-state index is 13.1. The molecule has 48 heavy (non-hydrogen) atoms. The number of ether oxygens (including phenoxy) is 2. The number of piperidine rings is 1. The average Bonchev–Trinajstić information content (AvgIpc) is 3.51. The first kappa shape index (κ1) is 32.0. The van der Waals surface area contributed by atoms with Gasteiger partial charge >= 0.3 is 12.2 Å². The minimum Gasteiger partial charge on any atom is -0.444 e. The van der Waals surface area contributed by atoms with Crippen molar-refractivity contribution in [3.8, 4) is 33.6 Å². The van der Waals surface area contributed by atoms with Gasteiger partial charge in [-0.05, 0) is 96.8 Å². The lowest BCUT2D eigenvalue weighted by molar-refractivity contribution is 0.0172. The van der Waals surface area contributed by atoms with Crippen molar-refractivity contribution in [3.05, 3.63) is 72.1 Å². The highest BCUT2D eigenvalue weighted by molar-refractivity contribution is 5.73. The molecule has 0 radical (unpaired) electrons. The Morgan fingerprint density at radius 2 is 1.38 bits per heavy atom. The molecule has 2 aromatic carbocycles. The van der Waals surface area contributed by atoms with Gasteiger partial charge in [-0.15, -0.1) is 0 Å². The molecule has 4 atom stereocenters. The van der Waals surface area contributed by atoms with Gasteiger partial charge in [-0.1, -0.05) is 48.5 Å². The monoisotopic (exact) mass is 650 g/mol. The number of aromatic amines is 2. The van der Waals surface area contributed by atoms with E-state index in [2.05, 4.69) is 63.5 Å². The number of hydrogen-bond donors (Lipinski definition) is 2. The molecule has 0 bridgehead atoms. The van der Waals surface area contributed by atoms with Crippen molar-refractivity contribution in [3.63, 3.8) is 0 Å². The molecule has 2 aromatic heterocycles. The molecule has 3 fully saturated rings. The fourth-order valence-electron chi connectivity index (χ4n) is 7.11. The van der Waals surface area contributed by atoms with E-state index in [1.54, 1.807) is 4.90 Å². The van der Waals surface area contributed by atoms with Crippen LogP contribution < -0.4 is 0 Å². The number of fused-ring (bicyclic) bond motifs is 1. The van der Waals surface area contributed by atoms with E-state index < -0.39 is 11.2 Å². The first-order valence-corrected chi connectivity index (χ1v) is 17.1. The Hall–Kier alpha value is -4.60. The van der Waals surface area contributed by atoms with Gasteiger partial charge in [-0.25, -0.2) is 19.6 Å². The van der Waals surface area contributed by atoms with E-state index >= 15 is 0 Å². The molecule has 252 valence electrons. The Kier molecular flexibility index (Phi) is 7.88. The van der Waals surface area contributed by atoms with Crippen molar-refractivity contribution in [1.82, 2.24) is 29.7 Å². The van der Waals surface area contributed by atoms with Crippen LogP contribution >= 0.6 is 0 Å². The van der Waals surface area contributed by atoms with E-state index in [4.69, 9.17) is 14.5 Å². The van der Waals surface area contributed by atoms with Crippen molar-refractivity contribution in [2.45, 2.75) is 103 Å². The van der Waals surface area contributed by atoms with E-state index in [0.717, 1.165) is 76.7 Å². The Morgan fingerprint density at radius 1 is 0.771 bits per heavy atom. The molecular formula is C38H46N6O4. The molecule has 4 heterocycles. The highest BCUT2D eigenvalue weighted by atomic mass is 16.6. The summed E-state index contributed by atoms with van der Waals surface area (Å²) in [6.45, 7) is 14.1. The maximum Gasteiger partial charge on any atom is 0.411 e. The van der Waals surface area contributed by atoms with E-state index in [1.165, 1.54) is 0 Å². The minimum atomic E-state index is -0.537. The van der Waals surface area contributed by atoms with Crippen LogP contribution in [-0.4, -0.2) is 65.7 Å². The number of aryl methyl sites for hydroxylation is 1. The summed E-state index contributed by atoms with van der Waals surface area (Å²) in [7, 11) is 0. The lowest BCUT2D eigenvalue weighted by atomic mass is 10.0. The first-order chi connectivity index (χ1) is 22.7. The van der Waals surface area contributed by atoms with Crippen LogP contribution in [0.4, 0.5) is 9.59 Å². The minimum absolute atomic E-state index is 0.0955. The summed E-state index contributed by atoms with van der Waals surface area (Å²) < 4.78 is 11.4. The summed E-state index contributed by atoms with van der Waals surface area (Å²) >= 11 is 0. The van der Waals surface area contributed by atoms with Crippen molar-refractivity contribution in [2.24, 2.45) is 5.92 Å². The molecule has 4 aromatic rings. The number of carbonyl (C=O) groups excluding carboxylic acids is 2. The van der Waals surface area contributed by atoms with E-state index in [9.17, 15) is 9.59 Å². The van der Waals surface area contributed by atoms with E-state index in [-0.39, 0.29) is 30.3 Å². The van der Waals surface area contributed by atoms with Crippen LogP contribution in [0.25, 0.3) is 33.6 Å². The Morgan fingerprint density at radius 3 is 2.02 bits per heavy atom. The van der Waals surface area contributed by atoms with Crippen molar-refractivity contribution >= 4 is 12.2 Å². The van der Waals surface area contributed by atoms with Gasteiger partial charge in [0, 0.05) is 23.8 Å². The van der Waals surface area contributed by atoms with Crippen molar-refractivity contribution in [2.75, 3.05) is 6.54 Å². The van der Waals surface area contributed by atoms with Crippen molar-refractivity contribution < 1.29 is 19.1 Å². The largest absolute Gasteiger partial charge is 0.444 e. The van der Waals surface area contributed by atoms with Gasteiger partial charge in [0.05, 0.1) is 29.7 Å². The zero-order valence-corrected chi connectivity index (χ0v) is 29.0. The Bertz CT molecular complexity index is 1810. The van der Waals surface area contributed by atoms with Crippen LogP contribution in [0.2, 0.25) is 0 Å². The smallest absolute Gasteiger partial charge is 0.411 e. The molecule has 4 unspecified atom stereocenters. The number of nitrogens with zero attached hydrogens (tertiary/aromatic N) is 4. The molecule has 1 saturated carbocycles. The van der Waals surface area contributed by atoms with Crippen molar-refractivity contribution in [1.29, 1.82) is 0 Å². The molecule has 2 saturated heterocycles. The number of carbonyl (C=O) groups is 2. The fourth-order valence-corrected chi connectivity index (χ4v) is 7.11. The van der Waals surface area contributed by atoms with E-state index in [1.807, 2.05) is 59.6 Å². The molecule has 0 spiro atoms. The lowest BCUT2D eigenvalue weighted by Gasteiger charge is -2.29. The predicted octanol–water partition coefficient (Wildman–Crippen LogP) is 8.58. The number of H-pyrrole nitrogens is 2. The summed E-state index contributed by atoms with van der Waals surface area (Å²) in [6.07, 6.45) is 5.02. The van der Waals surface area contributed by atoms with Gasteiger partial charge in [0.2, 0.25) is 0 Å². The normalized spacial score (nSPS) is 22.1. The van der Waals surface area contributed by atoms with Gasteiger partial charge in [-0.3, -0.25) is 9.80 Å². The van der Waals surface area contributed by atoms with Crippen LogP contribution in [0.15, 0.2) is 54.7 Å². The maximum atomic E-state index is 13.1. The standard InChI is InChI=1S/C38H46N6O4/c1-22-32(42-34(40-22)31-20-27-19-30(27)44(31)36(46)48-38(5,6)7)26-16-12-24(13-17-26)23-10-14-25(15-11-23)28-21-39-33(41-28)29-9-8-18-43(29)35(45)47-37(2,3)4/h10-17,21,27,29-31H,8-9,18-20H2,1-7H3,(H,39,41)(H,40,42). The SMILES string of the molecule is Cc1[nH]c(C2CC3CC3N2C(=O)OC(C)(C)C)nc1-c1ccc(-c2ccc(-c3cnc(C4CCCN4C(=O)OC(C)(C)C)[nH]3)cc2)cc1. The third-order valence-corrected chi connectivity index (χ3v) is 9.41. The number of hydrogen-bond acceptors (Lipinski definition) is 6. The lowest BCUT2D eigenvalue weighted by Crippen LogP contribution is -2.38. The van der Waals surface area contributed by atoms with Gasteiger partial charge in [-0.2, -0.15) is 0 Å². The molecule has 2 aliphatic heterocycles. The Labute approximate surface area is 282 Å². The molecule has 2 N–H and O–H groups in total. The van der Waals surface area contributed by atoms with Gasteiger partial charge in [0.1, 0.15) is 22.9 Å². The van der Waals surface area contributed by atoms with Gasteiger partial charge in [0.25, 0.3) is 0 Å². The zero-order valence-electron chi connectivity index (χ0n) is 29.0. The number of likely N-dealkylation sites (tertiary alicyclic amines) is 2. The second-order valence-corrected chi connectivity index (χ2v) is 15.5. The summed E-state index contributed by atoms with van der Waals surface area (Å²) in [6, 6.07) is 16.9. The van der Waals surface area contributed by atoms with Crippen LogP contribution in [0.1, 0.15) is 96.7 Å². The predicted molar refractivity (Wildman–Crippen MR) is 184 cm³/mol. The summed E-state index contributed by atoms with van der Waals surface area (Å²) in [5, 5.41) is 0. The quantitative estimate of drug-likeness (QED) is 0.224. The van der Waals surface area contributed by atoms with Gasteiger partial charge < -0.3 is 19.4 Å². The third-order valence-electron chi connectivity index (χ3n) is 9.41. The van der Waals surface area contributed by atoms with Crippen LogP contribution in [-0.2, 0) is 9.47 Å². The Balaban J connectivity index is 1.03. The fraction of sp³-hybridized carbons (Fsp3) is 0.474. The van der Waals surface area contributed by atoms with Crippen LogP contribution in [0.3, 0.4) is 0 Å². The first-order valence-electron chi connectivity index (χ1n) is 17.1. The molecule has 10 nitrogen and oxygen atoms in total. The van der Waals surface area contributed by atoms with Crippen LogP contribution in [0, 0.1) is 12.8 Å². The number of benzene rings is 2. The molecule has 7 rings (SSSR count). The number of aromatic nitrogens is 4. The highest BCUT2D eigenvalue weighted by Gasteiger charge is 2.56. The molecular weight excluding hydrogens is 604 g/mol. The molecule has 1 aliphatic carbocycles. The van der Waals surface area contributed by atoms with Crippen LogP contribution in [0.5, 0.6) is 0 Å². The average molecular weight is 651 g/mol. The van der Waals surface area contributed by atoms with E-state index in [0.29, 0.717) is 12.5 Å². The number of amides is 2. The highest BCUT2D eigenvalue weighted by Crippen LogP contribution is 2.53. The number of imidazole rings is 2. The second-order valence-electron chi connectivity index (χ2n) is 15.5. The summed E-state index contributed by atoms with van der Waals surface area (Å²) in [5.74, 6) is 2.14. The molecule has 10 heteroatoms. The third kappa shape index (κ3) is 6.44. The molecule has 3 aliphatic rings. The summed E-state index contributed by atoms with van der Waals surface area (Å²) in [5.41, 5.74) is 6.00. The number of rotatable bonds is 5. The van der Waals surface area contributed by atoms with Gasteiger partial charge in [0.15, 0.2) is 0 Å². The number of nitrogens with one attached hydrogen (secondary N) is 2. The molecule has 2 amide bonds. The second kappa shape index (κ2) is 11.8. The topological polar surface area (TPSA) is 116 Å². The summed E-state index contributed by atoms with van der Waals surface area (Å²) in [4.78, 5) is 46.2.